The summed E-state index contributed by atoms with van der Waals surface area (Å²) in [5, 5.41) is 29.3. The number of rotatable bonds is 1. The van der Waals surface area contributed by atoms with Crippen molar-refractivity contribution in [1.29, 1.82) is 0 Å². The highest BCUT2D eigenvalue weighted by Crippen LogP contribution is 2.38. The first kappa shape index (κ1) is 12.3. The molecular formula is C15H16O3. The molecule has 0 saturated carbocycles. The summed E-state index contributed by atoms with van der Waals surface area (Å²) in [5.41, 5.74) is 4.03. The molecule has 0 unspecified atom stereocenters. The number of hydrogen-bond donors (Lipinski definition) is 3. The molecule has 0 atom stereocenters. The SMILES string of the molecule is Cc1c(O)cc(-c2cc(O)ccc2O)c(C)c1C. The number of phenols is 3. The first-order chi connectivity index (χ1) is 8.41. The Balaban J connectivity index is 2.75. The fourth-order valence-corrected chi connectivity index (χ4v) is 2.05. The lowest BCUT2D eigenvalue weighted by Gasteiger charge is -2.14. The minimum absolute atomic E-state index is 0.0820. The number of hydrogen-bond acceptors (Lipinski definition) is 3. The third kappa shape index (κ3) is 1.88. The summed E-state index contributed by atoms with van der Waals surface area (Å²) >= 11 is 0. The third-order valence-corrected chi connectivity index (χ3v) is 3.46. The van der Waals surface area contributed by atoms with E-state index in [2.05, 4.69) is 0 Å². The Kier molecular flexibility index (Phi) is 2.91. The van der Waals surface area contributed by atoms with E-state index in [-0.39, 0.29) is 17.2 Å². The highest BCUT2D eigenvalue weighted by Gasteiger charge is 2.13. The summed E-state index contributed by atoms with van der Waals surface area (Å²) < 4.78 is 0. The monoisotopic (exact) mass is 244 g/mol. The predicted molar refractivity (Wildman–Crippen MR) is 71.1 cm³/mol. The first-order valence-corrected chi connectivity index (χ1v) is 5.74. The lowest BCUT2D eigenvalue weighted by Crippen LogP contribution is -1.92. The van der Waals surface area contributed by atoms with E-state index in [1.165, 1.54) is 18.2 Å². The normalized spacial score (nSPS) is 10.6. The Hall–Kier alpha value is -2.16. The number of phenolic OH excluding ortho intramolecular Hbond substituents is 3. The van der Waals surface area contributed by atoms with Crippen molar-refractivity contribution >= 4 is 0 Å². The summed E-state index contributed by atoms with van der Waals surface area (Å²) in [5.74, 6) is 0.356. The second-order valence-corrected chi connectivity index (χ2v) is 4.52. The maximum absolute atomic E-state index is 9.88. The molecule has 0 aliphatic heterocycles. The van der Waals surface area contributed by atoms with Gasteiger partial charge in [0.25, 0.3) is 0 Å². The van der Waals surface area contributed by atoms with E-state index in [0.717, 1.165) is 22.3 Å². The smallest absolute Gasteiger partial charge is 0.123 e. The van der Waals surface area contributed by atoms with Crippen molar-refractivity contribution in [2.45, 2.75) is 20.8 Å². The predicted octanol–water partition coefficient (Wildman–Crippen LogP) is 3.40. The van der Waals surface area contributed by atoms with Gasteiger partial charge in [0.15, 0.2) is 0 Å². The average molecular weight is 244 g/mol. The van der Waals surface area contributed by atoms with Crippen LogP contribution in [0.4, 0.5) is 0 Å². The molecule has 0 fully saturated rings. The lowest BCUT2D eigenvalue weighted by atomic mass is 9.93. The van der Waals surface area contributed by atoms with Crippen LogP contribution in [0.3, 0.4) is 0 Å². The molecule has 3 N–H and O–H groups in total. The zero-order valence-corrected chi connectivity index (χ0v) is 10.7. The van der Waals surface area contributed by atoms with E-state index in [4.69, 9.17) is 0 Å². The summed E-state index contributed by atoms with van der Waals surface area (Å²) in [4.78, 5) is 0. The van der Waals surface area contributed by atoms with Gasteiger partial charge in [0, 0.05) is 5.56 Å². The zero-order valence-electron chi connectivity index (χ0n) is 10.7. The second-order valence-electron chi connectivity index (χ2n) is 4.52. The van der Waals surface area contributed by atoms with Gasteiger partial charge in [-0.1, -0.05) is 0 Å². The molecule has 0 aliphatic rings. The molecule has 0 aliphatic carbocycles. The maximum Gasteiger partial charge on any atom is 0.123 e. The van der Waals surface area contributed by atoms with Crippen LogP contribution in [0.15, 0.2) is 24.3 Å². The second kappa shape index (κ2) is 4.26. The van der Waals surface area contributed by atoms with Crippen molar-refractivity contribution in [3.8, 4) is 28.4 Å². The largest absolute Gasteiger partial charge is 0.508 e. The quantitative estimate of drug-likeness (QED) is 0.674. The van der Waals surface area contributed by atoms with Gasteiger partial charge >= 0.3 is 0 Å². The minimum Gasteiger partial charge on any atom is -0.508 e. The fourth-order valence-electron chi connectivity index (χ4n) is 2.05. The molecule has 0 spiro atoms. The van der Waals surface area contributed by atoms with Crippen LogP contribution in [0.1, 0.15) is 16.7 Å². The molecule has 0 amide bonds. The van der Waals surface area contributed by atoms with Gasteiger partial charge in [-0.3, -0.25) is 0 Å². The molecule has 3 heteroatoms. The third-order valence-electron chi connectivity index (χ3n) is 3.46. The lowest BCUT2D eigenvalue weighted by molar-refractivity contribution is 0.461. The summed E-state index contributed by atoms with van der Waals surface area (Å²) in [7, 11) is 0. The van der Waals surface area contributed by atoms with Crippen molar-refractivity contribution in [2.24, 2.45) is 0 Å². The topological polar surface area (TPSA) is 60.7 Å². The Bertz CT molecular complexity index is 616. The van der Waals surface area contributed by atoms with Crippen LogP contribution in [0.25, 0.3) is 11.1 Å². The molecule has 3 nitrogen and oxygen atoms in total. The zero-order chi connectivity index (χ0) is 13.4. The van der Waals surface area contributed by atoms with Crippen LogP contribution in [0.2, 0.25) is 0 Å². The van der Waals surface area contributed by atoms with E-state index in [9.17, 15) is 15.3 Å². The highest BCUT2D eigenvalue weighted by atomic mass is 16.3. The molecule has 2 aromatic carbocycles. The molecule has 2 aromatic rings. The van der Waals surface area contributed by atoms with Crippen LogP contribution in [0.5, 0.6) is 17.2 Å². The molecular weight excluding hydrogens is 228 g/mol. The van der Waals surface area contributed by atoms with Gasteiger partial charge in [-0.05, 0) is 67.3 Å². The molecule has 2 rings (SSSR count). The van der Waals surface area contributed by atoms with Gasteiger partial charge in [-0.15, -0.1) is 0 Å². The highest BCUT2D eigenvalue weighted by molar-refractivity contribution is 5.77. The molecule has 0 aromatic heterocycles. The Morgan fingerprint density at radius 2 is 1.33 bits per heavy atom. The first-order valence-electron chi connectivity index (χ1n) is 5.74. The van der Waals surface area contributed by atoms with Gasteiger partial charge in [0.05, 0.1) is 0 Å². The summed E-state index contributed by atoms with van der Waals surface area (Å²) in [6.45, 7) is 5.71. The standard InChI is InChI=1S/C15H16O3/c1-8-9(2)12(7-15(18)10(8)3)13-6-11(16)4-5-14(13)17/h4-7,16-18H,1-3H3. The fraction of sp³-hybridized carbons (Fsp3) is 0.200. The van der Waals surface area contributed by atoms with Crippen molar-refractivity contribution in [3.05, 3.63) is 41.0 Å². The van der Waals surface area contributed by atoms with Crippen LogP contribution >= 0.6 is 0 Å². The molecule has 18 heavy (non-hydrogen) atoms. The Morgan fingerprint density at radius 1 is 0.667 bits per heavy atom. The summed E-state index contributed by atoms with van der Waals surface area (Å²) in [6.07, 6.45) is 0. The van der Waals surface area contributed by atoms with Crippen LogP contribution in [-0.4, -0.2) is 15.3 Å². The van der Waals surface area contributed by atoms with Crippen molar-refractivity contribution < 1.29 is 15.3 Å². The molecule has 0 heterocycles. The average Bonchev–Trinajstić information content (AvgIpc) is 2.34. The van der Waals surface area contributed by atoms with Crippen LogP contribution in [-0.2, 0) is 0 Å². The van der Waals surface area contributed by atoms with E-state index in [1.54, 1.807) is 6.07 Å². The summed E-state index contributed by atoms with van der Waals surface area (Å²) in [6, 6.07) is 5.98. The molecule has 0 saturated heterocycles. The van der Waals surface area contributed by atoms with Gasteiger partial charge < -0.3 is 15.3 Å². The van der Waals surface area contributed by atoms with Gasteiger partial charge in [-0.25, -0.2) is 0 Å². The number of aromatic hydroxyl groups is 3. The van der Waals surface area contributed by atoms with E-state index in [0.29, 0.717) is 5.56 Å². The van der Waals surface area contributed by atoms with Crippen molar-refractivity contribution in [3.63, 3.8) is 0 Å². The van der Waals surface area contributed by atoms with Crippen molar-refractivity contribution in [2.75, 3.05) is 0 Å². The molecule has 94 valence electrons. The Morgan fingerprint density at radius 3 is 2.00 bits per heavy atom. The molecule has 0 bridgehead atoms. The van der Waals surface area contributed by atoms with E-state index >= 15 is 0 Å². The van der Waals surface area contributed by atoms with Gasteiger partial charge in [-0.2, -0.15) is 0 Å². The van der Waals surface area contributed by atoms with Gasteiger partial charge in [0.2, 0.25) is 0 Å². The van der Waals surface area contributed by atoms with Crippen LogP contribution < -0.4 is 0 Å². The molecule has 0 radical (unpaired) electrons. The van der Waals surface area contributed by atoms with E-state index < -0.39 is 0 Å². The minimum atomic E-state index is 0.0820. The maximum atomic E-state index is 9.88. The van der Waals surface area contributed by atoms with Crippen LogP contribution in [0, 0.1) is 20.8 Å². The van der Waals surface area contributed by atoms with Crippen molar-refractivity contribution in [1.82, 2.24) is 0 Å². The van der Waals surface area contributed by atoms with E-state index in [1.807, 2.05) is 20.8 Å². The Labute approximate surface area is 106 Å². The van der Waals surface area contributed by atoms with Gasteiger partial charge in [0.1, 0.15) is 17.2 Å². The number of benzene rings is 2.